The van der Waals surface area contributed by atoms with Crippen LogP contribution in [0.5, 0.6) is 0 Å². The molecule has 0 saturated carbocycles. The van der Waals surface area contributed by atoms with Gasteiger partial charge in [-0.3, -0.25) is 9.20 Å². The van der Waals surface area contributed by atoms with Crippen molar-refractivity contribution < 1.29 is 18.4 Å². The highest BCUT2D eigenvalue weighted by Gasteiger charge is 2.17. The highest BCUT2D eigenvalue weighted by atomic mass is 35.5. The molecule has 5 rings (SSSR count). The van der Waals surface area contributed by atoms with Gasteiger partial charge >= 0.3 is 6.03 Å². The summed E-state index contributed by atoms with van der Waals surface area (Å²) in [5.74, 6) is -1.94. The second-order valence-corrected chi connectivity index (χ2v) is 8.74. The predicted molar refractivity (Wildman–Crippen MR) is 142 cm³/mol. The lowest BCUT2D eigenvalue weighted by Crippen LogP contribution is -2.20. The summed E-state index contributed by atoms with van der Waals surface area (Å²) in [5, 5.41) is 8.04. The Balaban J connectivity index is 1.37. The molecule has 0 unspecified atom stereocenters. The Morgan fingerprint density at radius 2 is 1.71 bits per heavy atom. The number of nitrogens with one attached hydrogen (secondary N) is 3. The van der Waals surface area contributed by atoms with Crippen LogP contribution in [0.1, 0.15) is 10.4 Å². The lowest BCUT2D eigenvalue weighted by Gasteiger charge is -2.10. The molecule has 3 N–H and O–H groups in total. The van der Waals surface area contributed by atoms with E-state index in [2.05, 4.69) is 25.9 Å². The van der Waals surface area contributed by atoms with Gasteiger partial charge in [-0.25, -0.2) is 23.5 Å². The average molecular weight is 553 g/mol. The summed E-state index contributed by atoms with van der Waals surface area (Å²) in [7, 11) is 0. The number of aromatic nitrogens is 3. The van der Waals surface area contributed by atoms with E-state index in [9.17, 15) is 18.4 Å². The number of amides is 3. The van der Waals surface area contributed by atoms with Gasteiger partial charge in [0.2, 0.25) is 0 Å². The lowest BCUT2D eigenvalue weighted by atomic mass is 10.1. The van der Waals surface area contributed by atoms with Gasteiger partial charge < -0.3 is 16.0 Å². The Bertz CT molecular complexity index is 1710. The quantitative estimate of drug-likeness (QED) is 0.221. The van der Waals surface area contributed by atoms with E-state index < -0.39 is 23.6 Å². The summed E-state index contributed by atoms with van der Waals surface area (Å²) < 4.78 is 28.7. The molecule has 0 bridgehead atoms. The number of nitrogens with zero attached hydrogens (tertiary/aromatic N) is 3. The first kappa shape index (κ1) is 25.1. The number of halogens is 4. The van der Waals surface area contributed by atoms with E-state index in [1.807, 2.05) is 0 Å². The van der Waals surface area contributed by atoms with Gasteiger partial charge in [-0.1, -0.05) is 41.4 Å². The standard InChI is InChI=1S/C26H16Cl2F2N6O2/c27-18-6-2-5-17(22(18)28)25(37)35-23-24-32-13-21(36(24)10-9-31-23)14-3-1-4-16(11-14)33-26(38)34-20-8-7-15(29)12-19(20)30/h1-13H,(H,31,35,37)(H2,33,34,38). The molecule has 2 aromatic heterocycles. The Morgan fingerprint density at radius 3 is 2.53 bits per heavy atom. The zero-order chi connectivity index (χ0) is 26.8. The van der Waals surface area contributed by atoms with E-state index in [-0.39, 0.29) is 27.1 Å². The van der Waals surface area contributed by atoms with Crippen LogP contribution in [0.3, 0.4) is 0 Å². The van der Waals surface area contributed by atoms with Gasteiger partial charge in [0, 0.05) is 29.7 Å². The molecule has 2 heterocycles. The monoisotopic (exact) mass is 552 g/mol. The molecule has 3 amide bonds. The highest BCUT2D eigenvalue weighted by Crippen LogP contribution is 2.28. The second-order valence-electron chi connectivity index (χ2n) is 7.95. The summed E-state index contributed by atoms with van der Waals surface area (Å²) in [5.41, 5.74) is 2.14. The third-order valence-corrected chi connectivity index (χ3v) is 6.27. The van der Waals surface area contributed by atoms with Crippen LogP contribution in [0.15, 0.2) is 79.3 Å². The maximum atomic E-state index is 13.9. The SMILES string of the molecule is O=C(Nc1cccc(-c2cnc3c(NC(=O)c4cccc(Cl)c4Cl)nccn23)c1)Nc1ccc(F)cc1F. The number of urea groups is 1. The van der Waals surface area contributed by atoms with E-state index in [0.717, 1.165) is 12.1 Å². The number of fused-ring (bicyclic) bond motifs is 1. The normalized spacial score (nSPS) is 10.8. The fraction of sp³-hybridized carbons (Fsp3) is 0. The molecule has 0 spiro atoms. The van der Waals surface area contributed by atoms with Crippen LogP contribution in [0.4, 0.5) is 30.8 Å². The molecule has 12 heteroatoms. The fourth-order valence-corrected chi connectivity index (χ4v) is 4.09. The minimum absolute atomic E-state index is 0.123. The van der Waals surface area contributed by atoms with Crippen molar-refractivity contribution in [3.8, 4) is 11.3 Å². The molecule has 3 aromatic carbocycles. The Labute approximate surface area is 224 Å². The summed E-state index contributed by atoms with van der Waals surface area (Å²) >= 11 is 12.2. The first-order valence-electron chi connectivity index (χ1n) is 11.0. The molecule has 190 valence electrons. The molecular weight excluding hydrogens is 537 g/mol. The number of carbonyl (C=O) groups is 2. The van der Waals surface area contributed by atoms with Crippen LogP contribution < -0.4 is 16.0 Å². The number of benzene rings is 3. The van der Waals surface area contributed by atoms with E-state index in [1.54, 1.807) is 59.3 Å². The molecule has 0 saturated heterocycles. The van der Waals surface area contributed by atoms with Gasteiger partial charge in [0.05, 0.1) is 33.2 Å². The summed E-state index contributed by atoms with van der Waals surface area (Å²) in [6, 6.07) is 13.7. The molecule has 0 aliphatic heterocycles. The molecular formula is C26H16Cl2F2N6O2. The number of rotatable bonds is 5. The van der Waals surface area contributed by atoms with Crippen molar-refractivity contribution in [2.45, 2.75) is 0 Å². The molecule has 0 aliphatic rings. The fourth-order valence-electron chi connectivity index (χ4n) is 3.71. The van der Waals surface area contributed by atoms with E-state index in [1.165, 1.54) is 6.20 Å². The van der Waals surface area contributed by atoms with Crippen molar-refractivity contribution in [3.05, 3.63) is 106 Å². The molecule has 0 aliphatic carbocycles. The van der Waals surface area contributed by atoms with E-state index in [4.69, 9.17) is 23.2 Å². The van der Waals surface area contributed by atoms with Crippen molar-refractivity contribution in [2.75, 3.05) is 16.0 Å². The summed E-state index contributed by atoms with van der Waals surface area (Å²) in [6.45, 7) is 0. The Morgan fingerprint density at radius 1 is 0.895 bits per heavy atom. The predicted octanol–water partition coefficient (Wildman–Crippen LogP) is 6.88. The number of hydrogen-bond donors (Lipinski definition) is 3. The highest BCUT2D eigenvalue weighted by molar-refractivity contribution is 6.44. The third-order valence-electron chi connectivity index (χ3n) is 5.45. The number of imidazole rings is 1. The van der Waals surface area contributed by atoms with Crippen molar-refractivity contribution in [1.82, 2.24) is 14.4 Å². The molecule has 5 aromatic rings. The van der Waals surface area contributed by atoms with Crippen molar-refractivity contribution in [1.29, 1.82) is 0 Å². The molecule has 8 nitrogen and oxygen atoms in total. The van der Waals surface area contributed by atoms with Crippen LogP contribution in [0.2, 0.25) is 10.0 Å². The van der Waals surface area contributed by atoms with Gasteiger partial charge in [0.15, 0.2) is 11.5 Å². The zero-order valence-corrected chi connectivity index (χ0v) is 20.7. The van der Waals surface area contributed by atoms with Gasteiger partial charge in [-0.05, 0) is 36.4 Å². The first-order chi connectivity index (χ1) is 18.3. The number of hydrogen-bond acceptors (Lipinski definition) is 4. The average Bonchev–Trinajstić information content (AvgIpc) is 3.33. The van der Waals surface area contributed by atoms with E-state index >= 15 is 0 Å². The van der Waals surface area contributed by atoms with Crippen LogP contribution in [-0.2, 0) is 0 Å². The topological polar surface area (TPSA) is 100 Å². The largest absolute Gasteiger partial charge is 0.323 e. The molecule has 0 atom stereocenters. The Hall–Kier alpha value is -4.54. The van der Waals surface area contributed by atoms with Crippen LogP contribution in [0, 0.1) is 11.6 Å². The van der Waals surface area contributed by atoms with Crippen molar-refractivity contribution in [3.63, 3.8) is 0 Å². The molecule has 38 heavy (non-hydrogen) atoms. The molecule has 0 fully saturated rings. The van der Waals surface area contributed by atoms with Gasteiger partial charge in [-0.15, -0.1) is 0 Å². The third kappa shape index (κ3) is 5.13. The van der Waals surface area contributed by atoms with Gasteiger partial charge in [0.25, 0.3) is 5.91 Å². The number of anilines is 3. The minimum atomic E-state index is -0.895. The van der Waals surface area contributed by atoms with E-state index in [0.29, 0.717) is 28.7 Å². The summed E-state index contributed by atoms with van der Waals surface area (Å²) in [4.78, 5) is 33.8. The number of carbonyl (C=O) groups excluding carboxylic acids is 2. The second kappa shape index (κ2) is 10.4. The first-order valence-corrected chi connectivity index (χ1v) is 11.8. The minimum Gasteiger partial charge on any atom is -0.308 e. The van der Waals surface area contributed by atoms with Crippen molar-refractivity contribution >= 4 is 58.0 Å². The van der Waals surface area contributed by atoms with Gasteiger partial charge in [0.1, 0.15) is 11.6 Å². The van der Waals surface area contributed by atoms with Crippen LogP contribution in [0.25, 0.3) is 16.9 Å². The van der Waals surface area contributed by atoms with Crippen LogP contribution in [-0.4, -0.2) is 26.3 Å². The van der Waals surface area contributed by atoms with Crippen molar-refractivity contribution in [2.24, 2.45) is 0 Å². The Kier molecular flexibility index (Phi) is 6.91. The van der Waals surface area contributed by atoms with Gasteiger partial charge in [-0.2, -0.15) is 0 Å². The van der Waals surface area contributed by atoms with Crippen LogP contribution >= 0.6 is 23.2 Å². The maximum absolute atomic E-state index is 13.9. The molecule has 0 radical (unpaired) electrons. The maximum Gasteiger partial charge on any atom is 0.323 e. The zero-order valence-electron chi connectivity index (χ0n) is 19.2. The smallest absolute Gasteiger partial charge is 0.308 e. The lowest BCUT2D eigenvalue weighted by molar-refractivity contribution is 0.102. The summed E-state index contributed by atoms with van der Waals surface area (Å²) in [6.07, 6.45) is 4.76.